The maximum atomic E-state index is 13.7. The molecule has 1 aliphatic rings. The summed E-state index contributed by atoms with van der Waals surface area (Å²) < 4.78 is 32.1. The number of halogens is 1. The van der Waals surface area contributed by atoms with Gasteiger partial charge in [0.15, 0.2) is 0 Å². The molecule has 0 bridgehead atoms. The highest BCUT2D eigenvalue weighted by Gasteiger charge is 2.44. The van der Waals surface area contributed by atoms with E-state index in [1.165, 1.54) is 6.33 Å². The topological polar surface area (TPSA) is 158 Å². The van der Waals surface area contributed by atoms with Gasteiger partial charge in [0, 0.05) is 36.9 Å². The quantitative estimate of drug-likeness (QED) is 0.289. The molecule has 4 N–H and O–H groups in total. The molecule has 222 valence electrons. The number of nitrogens with one attached hydrogen (secondary N) is 4. The van der Waals surface area contributed by atoms with Crippen LogP contribution in [0.1, 0.15) is 51.6 Å². The molecule has 1 saturated heterocycles. The van der Waals surface area contributed by atoms with Gasteiger partial charge in [-0.05, 0) is 63.8 Å². The smallest absolute Gasteiger partial charge is 0.408 e. The van der Waals surface area contributed by atoms with Gasteiger partial charge < -0.3 is 25.3 Å². The van der Waals surface area contributed by atoms with E-state index in [4.69, 9.17) is 16.3 Å². The first-order valence-corrected chi connectivity index (χ1v) is 15.6. The number of anilines is 1. The third-order valence-electron chi connectivity index (χ3n) is 6.77. The van der Waals surface area contributed by atoms with E-state index in [-0.39, 0.29) is 18.9 Å². The molecule has 1 fully saturated rings. The number of ether oxygens (including phenoxy) is 1. The molecule has 0 aliphatic carbocycles. The Kier molecular flexibility index (Phi) is 9.10. The minimum absolute atomic E-state index is 0.159. The molecular weight excluding hydrogens is 570 g/mol. The van der Waals surface area contributed by atoms with E-state index < -0.39 is 33.3 Å². The maximum Gasteiger partial charge on any atom is 0.408 e. The fourth-order valence-electron chi connectivity index (χ4n) is 4.87. The van der Waals surface area contributed by atoms with Crippen molar-refractivity contribution in [1.29, 1.82) is 0 Å². The molecule has 0 saturated carbocycles. The summed E-state index contributed by atoms with van der Waals surface area (Å²) in [6, 6.07) is 8.16. The number of nitrogens with zero attached hydrogens (tertiary/aromatic N) is 3. The van der Waals surface area contributed by atoms with Crippen molar-refractivity contribution >= 4 is 50.5 Å². The minimum atomic E-state index is -3.53. The van der Waals surface area contributed by atoms with E-state index in [1.807, 2.05) is 6.07 Å². The number of aromatic nitrogens is 3. The largest absolute Gasteiger partial charge is 0.444 e. The molecule has 4 rings (SSSR count). The third-order valence-corrected chi connectivity index (χ3v) is 7.74. The minimum Gasteiger partial charge on any atom is -0.444 e. The maximum absolute atomic E-state index is 13.7. The van der Waals surface area contributed by atoms with Crippen molar-refractivity contribution < 1.29 is 22.7 Å². The van der Waals surface area contributed by atoms with Gasteiger partial charge in [-0.25, -0.2) is 27.9 Å². The lowest BCUT2D eigenvalue weighted by Crippen LogP contribution is -2.64. The second-order valence-electron chi connectivity index (χ2n) is 11.2. The Hall–Kier alpha value is -3.42. The fourth-order valence-corrected chi connectivity index (χ4v) is 5.76. The molecule has 12 nitrogen and oxygen atoms in total. The number of benzene rings is 1. The highest BCUT2D eigenvalue weighted by molar-refractivity contribution is 7.88. The zero-order valence-corrected chi connectivity index (χ0v) is 25.1. The van der Waals surface area contributed by atoms with Crippen LogP contribution in [0.2, 0.25) is 5.02 Å². The summed E-state index contributed by atoms with van der Waals surface area (Å²) in [4.78, 5) is 40.4. The van der Waals surface area contributed by atoms with Crippen LogP contribution in [0, 0.1) is 0 Å². The predicted octanol–water partition coefficient (Wildman–Crippen LogP) is 3.27. The van der Waals surface area contributed by atoms with Gasteiger partial charge in [0.1, 0.15) is 28.9 Å². The van der Waals surface area contributed by atoms with E-state index >= 15 is 0 Å². The predicted molar refractivity (Wildman–Crippen MR) is 157 cm³/mol. The first-order valence-electron chi connectivity index (χ1n) is 13.3. The molecular formula is C27H36ClN7O5S. The van der Waals surface area contributed by atoms with Gasteiger partial charge in [0.05, 0.1) is 11.6 Å². The summed E-state index contributed by atoms with van der Waals surface area (Å²) >= 11 is 6.00. The molecule has 1 aliphatic heterocycles. The Bertz CT molecular complexity index is 1480. The average Bonchev–Trinajstić information content (AvgIpc) is 3.36. The summed E-state index contributed by atoms with van der Waals surface area (Å²) in [5.41, 5.74) is -0.547. The van der Waals surface area contributed by atoms with Crippen LogP contribution in [0.3, 0.4) is 0 Å². The number of alkyl carbamates (subject to hydrolysis) is 1. The third kappa shape index (κ3) is 8.08. The van der Waals surface area contributed by atoms with Crippen LogP contribution in [0.15, 0.2) is 42.9 Å². The summed E-state index contributed by atoms with van der Waals surface area (Å²) in [7, 11) is -3.53. The summed E-state index contributed by atoms with van der Waals surface area (Å²) in [6.45, 7) is 6.32. The van der Waals surface area contributed by atoms with Crippen LogP contribution >= 0.6 is 11.6 Å². The highest BCUT2D eigenvalue weighted by atomic mass is 35.5. The Labute approximate surface area is 244 Å². The van der Waals surface area contributed by atoms with Crippen molar-refractivity contribution in [3.8, 4) is 0 Å². The molecule has 2 aromatic heterocycles. The van der Waals surface area contributed by atoms with Gasteiger partial charge in [0.25, 0.3) is 0 Å². The van der Waals surface area contributed by atoms with Crippen LogP contribution in [-0.2, 0) is 19.6 Å². The number of aromatic amines is 1. The second-order valence-corrected chi connectivity index (χ2v) is 13.4. The molecule has 14 heteroatoms. The van der Waals surface area contributed by atoms with Gasteiger partial charge in [0.2, 0.25) is 15.9 Å². The Morgan fingerprint density at radius 3 is 2.46 bits per heavy atom. The molecule has 41 heavy (non-hydrogen) atoms. The van der Waals surface area contributed by atoms with Gasteiger partial charge in [-0.1, -0.05) is 23.7 Å². The Morgan fingerprint density at radius 1 is 1.15 bits per heavy atom. The van der Waals surface area contributed by atoms with E-state index in [2.05, 4.69) is 35.2 Å². The average molecular weight is 606 g/mol. The van der Waals surface area contributed by atoms with Crippen molar-refractivity contribution in [2.45, 2.75) is 57.2 Å². The number of rotatable bonds is 9. The molecule has 1 aromatic carbocycles. The number of hydrogen-bond donors (Lipinski definition) is 4. The zero-order valence-electron chi connectivity index (χ0n) is 23.5. The second kappa shape index (κ2) is 12.2. The van der Waals surface area contributed by atoms with E-state index in [1.54, 1.807) is 51.2 Å². The molecule has 3 heterocycles. The van der Waals surface area contributed by atoms with Crippen molar-refractivity contribution in [1.82, 2.24) is 30.3 Å². The molecule has 1 unspecified atom stereocenters. The SMILES string of the molecule is CC(C)(C)OC(=O)NC1(C(=O)NCCC(NS(C)(=O)=O)c2ccc(Cl)cc2)CCN(c2ncnc3[nH]ccc23)CC1. The van der Waals surface area contributed by atoms with Crippen LogP contribution < -0.4 is 20.3 Å². The summed E-state index contributed by atoms with van der Waals surface area (Å²) in [5.74, 6) is 0.381. The number of amides is 2. The van der Waals surface area contributed by atoms with E-state index in [0.29, 0.717) is 36.5 Å². The van der Waals surface area contributed by atoms with Crippen LogP contribution in [0.25, 0.3) is 11.0 Å². The highest BCUT2D eigenvalue weighted by Crippen LogP contribution is 2.30. The number of hydrogen-bond acceptors (Lipinski definition) is 8. The molecule has 0 spiro atoms. The lowest BCUT2D eigenvalue weighted by Gasteiger charge is -2.41. The number of piperidine rings is 1. The van der Waals surface area contributed by atoms with Crippen molar-refractivity contribution in [3.63, 3.8) is 0 Å². The fraction of sp³-hybridized carbons (Fsp3) is 0.481. The van der Waals surface area contributed by atoms with E-state index in [9.17, 15) is 18.0 Å². The number of carbonyl (C=O) groups is 2. The number of carbonyl (C=O) groups excluding carboxylic acids is 2. The van der Waals surface area contributed by atoms with Crippen molar-refractivity contribution in [3.05, 3.63) is 53.4 Å². The standard InChI is InChI=1S/C27H36ClN7O5S/c1-26(2,3)40-25(37)33-27(11-15-35(16-12-27)23-20-9-13-29-22(20)31-17-32-23)24(36)30-14-10-21(34-41(4,38)39)18-5-7-19(28)8-6-18/h5-9,13,17,21,34H,10-12,14-16H2,1-4H3,(H,30,36)(H,33,37)(H,29,31,32). The normalized spacial score (nSPS) is 16.3. The van der Waals surface area contributed by atoms with Gasteiger partial charge in [-0.2, -0.15) is 0 Å². The van der Waals surface area contributed by atoms with Crippen LogP contribution in [0.5, 0.6) is 0 Å². The number of H-pyrrole nitrogens is 1. The van der Waals surface area contributed by atoms with E-state index in [0.717, 1.165) is 23.1 Å². The monoisotopic (exact) mass is 605 g/mol. The van der Waals surface area contributed by atoms with Gasteiger partial charge in [-0.3, -0.25) is 4.79 Å². The van der Waals surface area contributed by atoms with Crippen LogP contribution in [-0.4, -0.2) is 72.4 Å². The van der Waals surface area contributed by atoms with Crippen molar-refractivity contribution in [2.75, 3.05) is 30.8 Å². The number of sulfonamides is 1. The lowest BCUT2D eigenvalue weighted by molar-refractivity contribution is -0.128. The lowest BCUT2D eigenvalue weighted by atomic mass is 9.86. The zero-order chi connectivity index (χ0) is 29.8. The Balaban J connectivity index is 1.48. The van der Waals surface area contributed by atoms with Crippen molar-refractivity contribution in [2.24, 2.45) is 0 Å². The number of fused-ring (bicyclic) bond motifs is 1. The van der Waals surface area contributed by atoms with Crippen LogP contribution in [0.4, 0.5) is 10.6 Å². The molecule has 0 radical (unpaired) electrons. The van der Waals surface area contributed by atoms with Gasteiger partial charge in [-0.15, -0.1) is 0 Å². The Morgan fingerprint density at radius 2 is 1.83 bits per heavy atom. The van der Waals surface area contributed by atoms with Gasteiger partial charge >= 0.3 is 6.09 Å². The summed E-state index contributed by atoms with van der Waals surface area (Å²) in [5, 5.41) is 7.16. The molecule has 3 aromatic rings. The molecule has 1 atom stereocenters. The summed E-state index contributed by atoms with van der Waals surface area (Å²) in [6.07, 6.45) is 4.57. The first kappa shape index (κ1) is 30.5. The first-order chi connectivity index (χ1) is 19.2. The molecule has 2 amide bonds.